The minimum Gasteiger partial charge on any atom is -0.375 e. The average molecular weight is 348 g/mol. The molecule has 2 saturated heterocycles. The van der Waals surface area contributed by atoms with Gasteiger partial charge in [0.2, 0.25) is 0 Å². The second-order valence-electron chi connectivity index (χ2n) is 8.11. The number of rotatable bonds is 1. The van der Waals surface area contributed by atoms with Crippen molar-refractivity contribution in [1.82, 2.24) is 14.9 Å². The van der Waals surface area contributed by atoms with Gasteiger partial charge < -0.3 is 19.7 Å². The van der Waals surface area contributed by atoms with E-state index in [9.17, 15) is 4.79 Å². The van der Waals surface area contributed by atoms with Gasteiger partial charge in [-0.15, -0.1) is 0 Å². The minimum absolute atomic E-state index is 0.0139. The molecule has 0 radical (unpaired) electrons. The van der Waals surface area contributed by atoms with E-state index in [4.69, 9.17) is 9.47 Å². The van der Waals surface area contributed by atoms with E-state index in [0.717, 1.165) is 12.2 Å². The first-order chi connectivity index (χ1) is 11.7. The largest absolute Gasteiger partial charge is 0.375 e. The predicted molar refractivity (Wildman–Crippen MR) is 94.6 cm³/mol. The maximum Gasteiger partial charge on any atom is 0.322 e. The third kappa shape index (κ3) is 3.77. The lowest BCUT2D eigenvalue weighted by molar-refractivity contribution is -0.159. The highest BCUT2D eigenvalue weighted by Gasteiger charge is 2.48. The maximum atomic E-state index is 12.7. The quantitative estimate of drug-likeness (QED) is 0.844. The van der Waals surface area contributed by atoms with Gasteiger partial charge >= 0.3 is 6.03 Å². The van der Waals surface area contributed by atoms with E-state index in [1.54, 1.807) is 17.3 Å². The van der Waals surface area contributed by atoms with Crippen molar-refractivity contribution in [1.29, 1.82) is 0 Å². The van der Waals surface area contributed by atoms with Gasteiger partial charge in [0.1, 0.15) is 11.4 Å². The Morgan fingerprint density at radius 1 is 1.32 bits per heavy atom. The topological polar surface area (TPSA) is 76.6 Å². The third-order valence-corrected chi connectivity index (χ3v) is 4.87. The third-order valence-electron chi connectivity index (χ3n) is 4.87. The van der Waals surface area contributed by atoms with Crippen LogP contribution < -0.4 is 5.32 Å². The van der Waals surface area contributed by atoms with Crippen molar-refractivity contribution in [2.24, 2.45) is 0 Å². The lowest BCUT2D eigenvalue weighted by Crippen LogP contribution is -2.60. The first-order valence-corrected chi connectivity index (χ1v) is 8.87. The van der Waals surface area contributed by atoms with Crippen molar-refractivity contribution >= 4 is 11.7 Å². The number of ether oxygens (including phenoxy) is 2. The first kappa shape index (κ1) is 18.1. The van der Waals surface area contributed by atoms with Crippen LogP contribution >= 0.6 is 0 Å². The van der Waals surface area contributed by atoms with Crippen LogP contribution in [-0.2, 0) is 14.9 Å². The molecule has 0 saturated carbocycles. The van der Waals surface area contributed by atoms with Crippen molar-refractivity contribution in [2.45, 2.75) is 64.3 Å². The van der Waals surface area contributed by atoms with Gasteiger partial charge in [-0.3, -0.25) is 0 Å². The summed E-state index contributed by atoms with van der Waals surface area (Å²) in [5.74, 6) is 0.751. The highest BCUT2D eigenvalue weighted by molar-refractivity contribution is 5.89. The summed E-state index contributed by atoms with van der Waals surface area (Å²) in [4.78, 5) is 23.2. The minimum atomic E-state index is -0.401. The summed E-state index contributed by atoms with van der Waals surface area (Å²) in [7, 11) is 0. The molecule has 0 bridgehead atoms. The van der Waals surface area contributed by atoms with Gasteiger partial charge in [0.15, 0.2) is 0 Å². The van der Waals surface area contributed by atoms with E-state index in [1.165, 1.54) is 0 Å². The Morgan fingerprint density at radius 2 is 2.00 bits per heavy atom. The molecule has 2 amide bonds. The number of carbonyl (C=O) groups is 1. The van der Waals surface area contributed by atoms with Crippen LogP contribution in [0.3, 0.4) is 0 Å². The number of carbonyl (C=O) groups excluding carboxylic acids is 1. The van der Waals surface area contributed by atoms with Gasteiger partial charge in [-0.1, -0.05) is 20.8 Å². The molecule has 25 heavy (non-hydrogen) atoms. The Morgan fingerprint density at radius 3 is 2.56 bits per heavy atom. The van der Waals surface area contributed by atoms with Crippen molar-refractivity contribution in [3.8, 4) is 0 Å². The molecule has 2 aliphatic rings. The number of anilines is 1. The van der Waals surface area contributed by atoms with Crippen molar-refractivity contribution in [3.63, 3.8) is 0 Å². The van der Waals surface area contributed by atoms with E-state index in [-0.39, 0.29) is 23.7 Å². The zero-order chi connectivity index (χ0) is 18.2. The zero-order valence-corrected chi connectivity index (χ0v) is 15.7. The van der Waals surface area contributed by atoms with Crippen LogP contribution in [0.4, 0.5) is 10.5 Å². The van der Waals surface area contributed by atoms with Gasteiger partial charge in [0.05, 0.1) is 36.8 Å². The number of morpholine rings is 1. The highest BCUT2D eigenvalue weighted by Crippen LogP contribution is 2.35. The predicted octanol–water partition coefficient (Wildman–Crippen LogP) is 2.57. The summed E-state index contributed by atoms with van der Waals surface area (Å²) in [5.41, 5.74) is 0.0799. The molecule has 3 heterocycles. The molecule has 3 atom stereocenters. The van der Waals surface area contributed by atoms with Crippen LogP contribution in [0.2, 0.25) is 0 Å². The number of nitrogens with zero attached hydrogens (tertiary/aromatic N) is 3. The highest BCUT2D eigenvalue weighted by atomic mass is 16.6. The van der Waals surface area contributed by atoms with Crippen LogP contribution in [0.25, 0.3) is 0 Å². The molecule has 0 aliphatic carbocycles. The summed E-state index contributed by atoms with van der Waals surface area (Å²) in [5, 5.41) is 2.90. The van der Waals surface area contributed by atoms with E-state index < -0.39 is 5.60 Å². The van der Waals surface area contributed by atoms with E-state index in [0.29, 0.717) is 25.4 Å². The molecule has 1 N–H and O–H groups in total. The normalized spacial score (nSPS) is 29.9. The molecule has 1 spiro atoms. The lowest BCUT2D eigenvalue weighted by Gasteiger charge is -2.44. The molecular formula is C18H28N4O3. The number of hydrogen-bond acceptors (Lipinski definition) is 5. The SMILES string of the molecule is CC1CN(C(=O)Nc2cnc(C(C)(C)C)nc2)CC2(CCOC2C)O1. The fraction of sp³-hybridized carbons (Fsp3) is 0.722. The number of nitrogens with one attached hydrogen (secondary N) is 1. The fourth-order valence-corrected chi connectivity index (χ4v) is 3.44. The summed E-state index contributed by atoms with van der Waals surface area (Å²) >= 11 is 0. The number of urea groups is 1. The van der Waals surface area contributed by atoms with Gasteiger partial charge in [-0.2, -0.15) is 0 Å². The van der Waals surface area contributed by atoms with Crippen LogP contribution in [0.5, 0.6) is 0 Å². The molecule has 3 unspecified atom stereocenters. The standard InChI is InChI=1S/C18H28N4O3/c1-12-10-22(11-18(25-12)6-7-24-13(18)2)16(23)21-14-8-19-15(20-9-14)17(3,4)5/h8-9,12-13H,6-7,10-11H2,1-5H3,(H,21,23). The Labute approximate surface area is 149 Å². The molecule has 7 heteroatoms. The molecule has 7 nitrogen and oxygen atoms in total. The van der Waals surface area contributed by atoms with E-state index in [2.05, 4.69) is 36.1 Å². The Bertz CT molecular complexity index is 628. The van der Waals surface area contributed by atoms with Gasteiger partial charge in [0.25, 0.3) is 0 Å². The molecule has 1 aromatic rings. The smallest absolute Gasteiger partial charge is 0.322 e. The van der Waals surface area contributed by atoms with E-state index in [1.807, 2.05) is 13.8 Å². The van der Waals surface area contributed by atoms with Crippen molar-refractivity contribution < 1.29 is 14.3 Å². The van der Waals surface area contributed by atoms with E-state index >= 15 is 0 Å². The second-order valence-corrected chi connectivity index (χ2v) is 8.11. The van der Waals surface area contributed by atoms with Crippen molar-refractivity contribution in [3.05, 3.63) is 18.2 Å². The maximum absolute atomic E-state index is 12.7. The zero-order valence-electron chi connectivity index (χ0n) is 15.7. The monoisotopic (exact) mass is 348 g/mol. The average Bonchev–Trinajstić information content (AvgIpc) is 2.86. The summed E-state index contributed by atoms with van der Waals surface area (Å²) in [6.07, 6.45) is 4.09. The second kappa shape index (κ2) is 6.53. The molecule has 3 rings (SSSR count). The molecule has 2 fully saturated rings. The van der Waals surface area contributed by atoms with Crippen molar-refractivity contribution in [2.75, 3.05) is 25.0 Å². The Balaban J connectivity index is 1.68. The number of hydrogen-bond donors (Lipinski definition) is 1. The summed E-state index contributed by atoms with van der Waals surface area (Å²) in [6.45, 7) is 11.9. The van der Waals surface area contributed by atoms with Gasteiger partial charge in [-0.05, 0) is 13.8 Å². The molecule has 138 valence electrons. The summed E-state index contributed by atoms with van der Waals surface area (Å²) in [6, 6.07) is -0.152. The van der Waals surface area contributed by atoms with Crippen LogP contribution in [0.1, 0.15) is 46.9 Å². The Hall–Kier alpha value is -1.73. The lowest BCUT2D eigenvalue weighted by atomic mass is 9.93. The fourth-order valence-electron chi connectivity index (χ4n) is 3.44. The molecular weight excluding hydrogens is 320 g/mol. The molecule has 1 aromatic heterocycles. The first-order valence-electron chi connectivity index (χ1n) is 8.87. The molecule has 0 aromatic carbocycles. The van der Waals surface area contributed by atoms with Gasteiger partial charge in [-0.25, -0.2) is 14.8 Å². The number of aromatic nitrogens is 2. The van der Waals surface area contributed by atoms with Crippen LogP contribution in [0, 0.1) is 0 Å². The Kier molecular flexibility index (Phi) is 4.72. The summed E-state index contributed by atoms with van der Waals surface area (Å²) < 4.78 is 11.8. The molecule has 2 aliphatic heterocycles. The van der Waals surface area contributed by atoms with Crippen LogP contribution in [0.15, 0.2) is 12.4 Å². The van der Waals surface area contributed by atoms with Crippen LogP contribution in [-0.4, -0.2) is 58.4 Å². The van der Waals surface area contributed by atoms with Gasteiger partial charge in [0, 0.05) is 25.0 Å². The number of amides is 2.